The first-order valence-electron chi connectivity index (χ1n) is 7.48. The van der Waals surface area contributed by atoms with Gasteiger partial charge in [0.2, 0.25) is 0 Å². The summed E-state index contributed by atoms with van der Waals surface area (Å²) in [6.45, 7) is 7.47. The standard InChI is InChI=1S/C16H25FN2O/c1-12-10-16(14(13(2)18)11-15(12)17)20-9-8-19-6-4-3-5-7-19/h10-11,13H,3-9,18H2,1-2H3/t13-/m1/s1. The fraction of sp³-hybridized carbons (Fsp3) is 0.625. The Morgan fingerprint density at radius 2 is 2.00 bits per heavy atom. The summed E-state index contributed by atoms with van der Waals surface area (Å²) in [6, 6.07) is 3.02. The number of piperidine rings is 1. The molecule has 0 spiro atoms. The third-order valence-electron chi connectivity index (χ3n) is 3.90. The van der Waals surface area contributed by atoms with Crippen molar-refractivity contribution in [1.82, 2.24) is 4.90 Å². The van der Waals surface area contributed by atoms with Gasteiger partial charge in [0.25, 0.3) is 0 Å². The van der Waals surface area contributed by atoms with Crippen molar-refractivity contribution < 1.29 is 9.13 Å². The highest BCUT2D eigenvalue weighted by molar-refractivity contribution is 5.39. The Bertz CT molecular complexity index is 442. The van der Waals surface area contributed by atoms with Crippen LogP contribution in [0.5, 0.6) is 5.75 Å². The summed E-state index contributed by atoms with van der Waals surface area (Å²) in [5, 5.41) is 0. The fourth-order valence-electron chi connectivity index (χ4n) is 2.62. The van der Waals surface area contributed by atoms with E-state index >= 15 is 0 Å². The number of rotatable bonds is 5. The van der Waals surface area contributed by atoms with Gasteiger partial charge in [-0.1, -0.05) is 6.42 Å². The lowest BCUT2D eigenvalue weighted by Crippen LogP contribution is -2.33. The first kappa shape index (κ1) is 15.3. The van der Waals surface area contributed by atoms with E-state index in [0.29, 0.717) is 12.2 Å². The zero-order valence-corrected chi connectivity index (χ0v) is 12.5. The lowest BCUT2D eigenvalue weighted by Gasteiger charge is -2.26. The normalized spacial score (nSPS) is 18.0. The molecule has 0 bridgehead atoms. The van der Waals surface area contributed by atoms with Crippen LogP contribution in [0.15, 0.2) is 12.1 Å². The highest BCUT2D eigenvalue weighted by Crippen LogP contribution is 2.27. The van der Waals surface area contributed by atoms with Gasteiger partial charge in [0.1, 0.15) is 18.2 Å². The van der Waals surface area contributed by atoms with Gasteiger partial charge in [-0.3, -0.25) is 4.90 Å². The van der Waals surface area contributed by atoms with Gasteiger partial charge in [0.05, 0.1) is 0 Å². The van der Waals surface area contributed by atoms with Gasteiger partial charge in [-0.25, -0.2) is 4.39 Å². The molecule has 4 heteroatoms. The Morgan fingerprint density at radius 3 is 2.65 bits per heavy atom. The van der Waals surface area contributed by atoms with Crippen molar-refractivity contribution in [2.24, 2.45) is 5.73 Å². The topological polar surface area (TPSA) is 38.5 Å². The minimum atomic E-state index is -0.227. The minimum Gasteiger partial charge on any atom is -0.492 e. The van der Waals surface area contributed by atoms with Crippen LogP contribution in [0.2, 0.25) is 0 Å². The van der Waals surface area contributed by atoms with Gasteiger partial charge in [-0.05, 0) is 57.5 Å². The molecule has 0 aliphatic carbocycles. The molecule has 2 N–H and O–H groups in total. The van der Waals surface area contributed by atoms with Crippen LogP contribution in [-0.4, -0.2) is 31.1 Å². The van der Waals surface area contributed by atoms with E-state index in [-0.39, 0.29) is 11.9 Å². The van der Waals surface area contributed by atoms with Crippen molar-refractivity contribution in [3.63, 3.8) is 0 Å². The molecular formula is C16H25FN2O. The zero-order valence-electron chi connectivity index (χ0n) is 12.5. The maximum Gasteiger partial charge on any atom is 0.126 e. The third-order valence-corrected chi connectivity index (χ3v) is 3.90. The van der Waals surface area contributed by atoms with Crippen LogP contribution in [-0.2, 0) is 0 Å². The Balaban J connectivity index is 1.95. The summed E-state index contributed by atoms with van der Waals surface area (Å²) in [5.41, 5.74) is 7.23. The van der Waals surface area contributed by atoms with Crippen molar-refractivity contribution in [3.05, 3.63) is 29.1 Å². The third kappa shape index (κ3) is 3.93. The number of nitrogens with two attached hydrogens (primary N) is 1. The molecule has 0 amide bonds. The van der Waals surface area contributed by atoms with E-state index in [1.165, 1.54) is 25.3 Å². The summed E-state index contributed by atoms with van der Waals surface area (Å²) in [6.07, 6.45) is 3.89. The van der Waals surface area contributed by atoms with Crippen molar-refractivity contribution in [2.75, 3.05) is 26.2 Å². The van der Waals surface area contributed by atoms with Crippen LogP contribution >= 0.6 is 0 Å². The molecule has 0 saturated carbocycles. The van der Waals surface area contributed by atoms with E-state index in [9.17, 15) is 4.39 Å². The van der Waals surface area contributed by atoms with Gasteiger partial charge in [-0.2, -0.15) is 0 Å². The number of benzene rings is 1. The Morgan fingerprint density at radius 1 is 1.30 bits per heavy atom. The number of aryl methyl sites for hydroxylation is 1. The van der Waals surface area contributed by atoms with E-state index in [1.54, 1.807) is 13.0 Å². The summed E-state index contributed by atoms with van der Waals surface area (Å²) in [4.78, 5) is 2.42. The highest BCUT2D eigenvalue weighted by atomic mass is 19.1. The van der Waals surface area contributed by atoms with Crippen LogP contribution in [0, 0.1) is 12.7 Å². The molecule has 1 aliphatic heterocycles. The molecule has 1 heterocycles. The molecule has 20 heavy (non-hydrogen) atoms. The number of hydrogen-bond acceptors (Lipinski definition) is 3. The van der Waals surface area contributed by atoms with Crippen molar-refractivity contribution in [3.8, 4) is 5.75 Å². The number of hydrogen-bond donors (Lipinski definition) is 1. The predicted molar refractivity (Wildman–Crippen MR) is 79.5 cm³/mol. The van der Waals surface area contributed by atoms with E-state index in [1.807, 2.05) is 6.92 Å². The van der Waals surface area contributed by atoms with Gasteiger partial charge < -0.3 is 10.5 Å². The maximum absolute atomic E-state index is 13.6. The van der Waals surface area contributed by atoms with Crippen LogP contribution < -0.4 is 10.5 Å². The molecule has 112 valence electrons. The first-order valence-corrected chi connectivity index (χ1v) is 7.48. The minimum absolute atomic E-state index is 0.222. The van der Waals surface area contributed by atoms with Crippen molar-refractivity contribution >= 4 is 0 Å². The predicted octanol–water partition coefficient (Wildman–Crippen LogP) is 3.02. The molecule has 1 saturated heterocycles. The second-order valence-electron chi connectivity index (χ2n) is 5.68. The Hall–Kier alpha value is -1.13. The molecule has 1 aromatic carbocycles. The monoisotopic (exact) mass is 280 g/mol. The molecule has 2 rings (SSSR count). The molecule has 3 nitrogen and oxygen atoms in total. The summed E-state index contributed by atoms with van der Waals surface area (Å²) in [7, 11) is 0. The Kier molecular flexibility index (Phi) is 5.38. The van der Waals surface area contributed by atoms with Crippen LogP contribution in [0.1, 0.15) is 43.4 Å². The number of likely N-dealkylation sites (tertiary alicyclic amines) is 1. The lowest BCUT2D eigenvalue weighted by molar-refractivity contribution is 0.182. The SMILES string of the molecule is Cc1cc(OCCN2CCCCC2)c([C@@H](C)N)cc1F. The van der Waals surface area contributed by atoms with E-state index in [4.69, 9.17) is 10.5 Å². The van der Waals surface area contributed by atoms with Gasteiger partial charge in [-0.15, -0.1) is 0 Å². The molecular weight excluding hydrogens is 255 g/mol. The first-order chi connectivity index (χ1) is 9.58. The zero-order chi connectivity index (χ0) is 14.5. The molecule has 1 atom stereocenters. The van der Waals surface area contributed by atoms with E-state index in [0.717, 1.165) is 30.9 Å². The van der Waals surface area contributed by atoms with E-state index in [2.05, 4.69) is 4.90 Å². The van der Waals surface area contributed by atoms with E-state index < -0.39 is 0 Å². The summed E-state index contributed by atoms with van der Waals surface area (Å²) >= 11 is 0. The average molecular weight is 280 g/mol. The lowest BCUT2D eigenvalue weighted by atomic mass is 10.1. The maximum atomic E-state index is 13.6. The smallest absolute Gasteiger partial charge is 0.126 e. The van der Waals surface area contributed by atoms with Gasteiger partial charge in [0, 0.05) is 18.2 Å². The largest absolute Gasteiger partial charge is 0.492 e. The van der Waals surface area contributed by atoms with Crippen molar-refractivity contribution in [2.45, 2.75) is 39.2 Å². The Labute approximate surface area is 120 Å². The van der Waals surface area contributed by atoms with Gasteiger partial charge in [0.15, 0.2) is 0 Å². The molecule has 1 aromatic rings. The number of nitrogens with zero attached hydrogens (tertiary/aromatic N) is 1. The van der Waals surface area contributed by atoms with Gasteiger partial charge >= 0.3 is 0 Å². The second kappa shape index (κ2) is 7.04. The van der Waals surface area contributed by atoms with Crippen LogP contribution in [0.25, 0.3) is 0 Å². The molecule has 0 radical (unpaired) electrons. The molecule has 0 aromatic heterocycles. The molecule has 1 aliphatic rings. The molecule has 0 unspecified atom stereocenters. The average Bonchev–Trinajstić information content (AvgIpc) is 2.43. The summed E-state index contributed by atoms with van der Waals surface area (Å²) in [5.74, 6) is 0.497. The number of ether oxygens (including phenoxy) is 1. The quantitative estimate of drug-likeness (QED) is 0.901. The number of halogens is 1. The summed E-state index contributed by atoms with van der Waals surface area (Å²) < 4.78 is 19.5. The fourth-order valence-corrected chi connectivity index (χ4v) is 2.62. The van der Waals surface area contributed by atoms with Crippen molar-refractivity contribution in [1.29, 1.82) is 0 Å². The highest BCUT2D eigenvalue weighted by Gasteiger charge is 2.13. The van der Waals surface area contributed by atoms with Crippen LogP contribution in [0.3, 0.4) is 0 Å². The second-order valence-corrected chi connectivity index (χ2v) is 5.68. The van der Waals surface area contributed by atoms with Crippen LogP contribution in [0.4, 0.5) is 4.39 Å². The molecule has 1 fully saturated rings.